The molecule has 0 aliphatic carbocycles. The Bertz CT molecular complexity index is 986. The summed E-state index contributed by atoms with van der Waals surface area (Å²) in [6, 6.07) is 15.4. The summed E-state index contributed by atoms with van der Waals surface area (Å²) in [5.74, 6) is 0. The molecule has 3 heteroatoms. The number of fused-ring (bicyclic) bond motifs is 5. The fourth-order valence-corrected chi connectivity index (χ4v) is 2.58. The molecule has 0 bridgehead atoms. The predicted molar refractivity (Wildman–Crippen MR) is 77.4 cm³/mol. The number of nitrogens with zero attached hydrogens (tertiary/aromatic N) is 1. The SMILES string of the molecule is O=c1[nH]c2c3ccccc3ncc2c2ccccc12. The second kappa shape index (κ2) is 3.65. The Morgan fingerprint density at radius 1 is 0.789 bits per heavy atom. The van der Waals surface area contributed by atoms with Crippen molar-refractivity contribution in [3.05, 3.63) is 65.1 Å². The largest absolute Gasteiger partial charge is 0.321 e. The molecule has 0 saturated carbocycles. The molecule has 0 fully saturated rings. The van der Waals surface area contributed by atoms with Gasteiger partial charge in [-0.25, -0.2) is 0 Å². The summed E-state index contributed by atoms with van der Waals surface area (Å²) in [7, 11) is 0. The van der Waals surface area contributed by atoms with Crippen molar-refractivity contribution in [2.45, 2.75) is 0 Å². The zero-order valence-corrected chi connectivity index (χ0v) is 10.1. The van der Waals surface area contributed by atoms with Crippen LogP contribution in [0.15, 0.2) is 59.5 Å². The second-order valence-corrected chi connectivity index (χ2v) is 4.56. The highest BCUT2D eigenvalue weighted by Crippen LogP contribution is 2.25. The lowest BCUT2D eigenvalue weighted by Crippen LogP contribution is -2.06. The first kappa shape index (κ1) is 10.3. The molecule has 2 aromatic carbocycles. The first-order chi connectivity index (χ1) is 9.34. The molecule has 4 aromatic rings. The van der Waals surface area contributed by atoms with Crippen LogP contribution in [0.2, 0.25) is 0 Å². The van der Waals surface area contributed by atoms with Gasteiger partial charge in [0.05, 0.1) is 11.0 Å². The number of aromatic nitrogens is 2. The Labute approximate surface area is 108 Å². The minimum absolute atomic E-state index is 0.0561. The molecule has 2 aromatic heterocycles. The number of aromatic amines is 1. The number of pyridine rings is 2. The van der Waals surface area contributed by atoms with Crippen molar-refractivity contribution in [2.24, 2.45) is 0 Å². The summed E-state index contributed by atoms with van der Waals surface area (Å²) >= 11 is 0. The van der Waals surface area contributed by atoms with Crippen LogP contribution in [0, 0.1) is 0 Å². The van der Waals surface area contributed by atoms with E-state index in [1.807, 2.05) is 54.7 Å². The van der Waals surface area contributed by atoms with Gasteiger partial charge in [-0.1, -0.05) is 36.4 Å². The molecule has 0 aliphatic rings. The van der Waals surface area contributed by atoms with Crippen molar-refractivity contribution in [2.75, 3.05) is 0 Å². The summed E-state index contributed by atoms with van der Waals surface area (Å²) in [6.45, 7) is 0. The number of hydrogen-bond donors (Lipinski definition) is 1. The molecule has 19 heavy (non-hydrogen) atoms. The van der Waals surface area contributed by atoms with E-state index < -0.39 is 0 Å². The van der Waals surface area contributed by atoms with Gasteiger partial charge in [0.2, 0.25) is 0 Å². The van der Waals surface area contributed by atoms with E-state index in [0.717, 1.165) is 27.2 Å². The highest BCUT2D eigenvalue weighted by molar-refractivity contribution is 6.13. The number of benzene rings is 2. The standard InChI is InChI=1S/C16H10N2O/c19-16-11-6-2-1-5-10(11)13-9-17-14-8-4-3-7-12(14)15(13)18-16/h1-9H,(H,18,19). The lowest BCUT2D eigenvalue weighted by Gasteiger charge is -2.06. The average Bonchev–Trinajstić information content (AvgIpc) is 2.47. The van der Waals surface area contributed by atoms with Gasteiger partial charge in [-0.2, -0.15) is 0 Å². The fourth-order valence-electron chi connectivity index (χ4n) is 2.58. The third-order valence-corrected chi connectivity index (χ3v) is 3.48. The van der Waals surface area contributed by atoms with Gasteiger partial charge in [-0.15, -0.1) is 0 Å². The van der Waals surface area contributed by atoms with Gasteiger partial charge in [0.25, 0.3) is 5.56 Å². The summed E-state index contributed by atoms with van der Waals surface area (Å²) in [6.07, 6.45) is 1.83. The maximum Gasteiger partial charge on any atom is 0.256 e. The van der Waals surface area contributed by atoms with Crippen LogP contribution < -0.4 is 5.56 Å². The number of nitrogens with one attached hydrogen (secondary N) is 1. The van der Waals surface area contributed by atoms with Crippen LogP contribution in [0.4, 0.5) is 0 Å². The molecule has 1 N–H and O–H groups in total. The van der Waals surface area contributed by atoms with Crippen LogP contribution in [0.3, 0.4) is 0 Å². The second-order valence-electron chi connectivity index (χ2n) is 4.56. The Hall–Kier alpha value is -2.68. The molecular formula is C16H10N2O. The van der Waals surface area contributed by atoms with Crippen molar-refractivity contribution < 1.29 is 0 Å². The van der Waals surface area contributed by atoms with E-state index in [0.29, 0.717) is 5.39 Å². The molecular weight excluding hydrogens is 236 g/mol. The van der Waals surface area contributed by atoms with Crippen LogP contribution >= 0.6 is 0 Å². The predicted octanol–water partition coefficient (Wildman–Crippen LogP) is 3.23. The zero-order chi connectivity index (χ0) is 12.8. The van der Waals surface area contributed by atoms with Crippen molar-refractivity contribution in [3.8, 4) is 0 Å². The van der Waals surface area contributed by atoms with Crippen LogP contribution in [-0.4, -0.2) is 9.97 Å². The molecule has 0 atom stereocenters. The van der Waals surface area contributed by atoms with Gasteiger partial charge in [0.15, 0.2) is 0 Å². The van der Waals surface area contributed by atoms with E-state index in [4.69, 9.17) is 0 Å². The molecule has 90 valence electrons. The summed E-state index contributed by atoms with van der Waals surface area (Å²) in [5.41, 5.74) is 1.69. The van der Waals surface area contributed by atoms with Gasteiger partial charge >= 0.3 is 0 Å². The molecule has 2 heterocycles. The zero-order valence-electron chi connectivity index (χ0n) is 10.1. The lowest BCUT2D eigenvalue weighted by molar-refractivity contribution is 1.34. The van der Waals surface area contributed by atoms with Crippen molar-refractivity contribution in [1.29, 1.82) is 0 Å². The van der Waals surface area contributed by atoms with Crippen LogP contribution in [0.5, 0.6) is 0 Å². The Morgan fingerprint density at radius 3 is 2.32 bits per heavy atom. The average molecular weight is 246 g/mol. The van der Waals surface area contributed by atoms with E-state index in [1.165, 1.54) is 0 Å². The normalized spacial score (nSPS) is 11.4. The quantitative estimate of drug-likeness (QED) is 0.484. The van der Waals surface area contributed by atoms with Crippen LogP contribution in [0.1, 0.15) is 0 Å². The lowest BCUT2D eigenvalue weighted by atomic mass is 10.1. The Morgan fingerprint density at radius 2 is 1.47 bits per heavy atom. The fraction of sp³-hybridized carbons (Fsp3) is 0. The molecule has 0 spiro atoms. The van der Waals surface area contributed by atoms with Crippen molar-refractivity contribution >= 4 is 32.6 Å². The highest BCUT2D eigenvalue weighted by Gasteiger charge is 2.07. The first-order valence-corrected chi connectivity index (χ1v) is 6.13. The van der Waals surface area contributed by atoms with E-state index in [9.17, 15) is 4.79 Å². The number of H-pyrrole nitrogens is 1. The van der Waals surface area contributed by atoms with Gasteiger partial charge in [0, 0.05) is 22.4 Å². The Balaban J connectivity index is 2.37. The van der Waals surface area contributed by atoms with Gasteiger partial charge in [0.1, 0.15) is 0 Å². The van der Waals surface area contributed by atoms with Gasteiger partial charge in [-0.05, 0) is 17.5 Å². The highest BCUT2D eigenvalue weighted by atomic mass is 16.1. The topological polar surface area (TPSA) is 45.8 Å². The van der Waals surface area contributed by atoms with E-state index >= 15 is 0 Å². The molecule has 0 amide bonds. The van der Waals surface area contributed by atoms with Crippen molar-refractivity contribution in [1.82, 2.24) is 9.97 Å². The molecule has 3 nitrogen and oxygen atoms in total. The van der Waals surface area contributed by atoms with E-state index in [1.54, 1.807) is 0 Å². The maximum atomic E-state index is 12.2. The number of rotatable bonds is 0. The van der Waals surface area contributed by atoms with E-state index in [2.05, 4.69) is 9.97 Å². The molecule has 0 radical (unpaired) electrons. The van der Waals surface area contributed by atoms with Crippen molar-refractivity contribution in [3.63, 3.8) is 0 Å². The van der Waals surface area contributed by atoms with Gasteiger partial charge < -0.3 is 4.98 Å². The monoisotopic (exact) mass is 246 g/mol. The summed E-state index contributed by atoms with van der Waals surface area (Å²) in [4.78, 5) is 19.6. The maximum absolute atomic E-state index is 12.2. The van der Waals surface area contributed by atoms with Gasteiger partial charge in [-0.3, -0.25) is 9.78 Å². The number of hydrogen-bond acceptors (Lipinski definition) is 2. The smallest absolute Gasteiger partial charge is 0.256 e. The third-order valence-electron chi connectivity index (χ3n) is 3.48. The molecule has 0 unspecified atom stereocenters. The van der Waals surface area contributed by atoms with Crippen LogP contribution in [-0.2, 0) is 0 Å². The minimum atomic E-state index is -0.0561. The summed E-state index contributed by atoms with van der Waals surface area (Å²) in [5, 5.41) is 3.60. The first-order valence-electron chi connectivity index (χ1n) is 6.13. The van der Waals surface area contributed by atoms with E-state index in [-0.39, 0.29) is 5.56 Å². The van der Waals surface area contributed by atoms with Crippen LogP contribution in [0.25, 0.3) is 32.6 Å². The molecule has 4 rings (SSSR count). The third kappa shape index (κ3) is 1.38. The molecule has 0 saturated heterocycles. The molecule has 0 aliphatic heterocycles. The minimum Gasteiger partial charge on any atom is -0.321 e. The Kier molecular flexibility index (Phi) is 1.97. The summed E-state index contributed by atoms with van der Waals surface area (Å²) < 4.78 is 0. The number of para-hydroxylation sites is 1.